The van der Waals surface area contributed by atoms with Gasteiger partial charge in [0.25, 0.3) is 0 Å². The molecule has 0 bridgehead atoms. The van der Waals surface area contributed by atoms with Crippen LogP contribution in [0, 0.1) is 10.8 Å². The van der Waals surface area contributed by atoms with Crippen LogP contribution >= 0.6 is 0 Å². The number of carbonyl (C=O) groups is 2. The second-order valence-electron chi connectivity index (χ2n) is 7.06. The van der Waals surface area contributed by atoms with Gasteiger partial charge in [-0.2, -0.15) is 0 Å². The summed E-state index contributed by atoms with van der Waals surface area (Å²) in [4.78, 5) is 28.6. The van der Waals surface area contributed by atoms with E-state index in [1.54, 1.807) is 0 Å². The van der Waals surface area contributed by atoms with Gasteiger partial charge < -0.3 is 9.80 Å². The quantitative estimate of drug-likeness (QED) is 0.795. The molecular formula is C16H30N2O2. The molecule has 0 aromatic carbocycles. The molecular weight excluding hydrogens is 252 g/mol. The van der Waals surface area contributed by atoms with Gasteiger partial charge in [0.05, 0.1) is 0 Å². The lowest BCUT2D eigenvalue weighted by Crippen LogP contribution is -2.55. The van der Waals surface area contributed by atoms with Gasteiger partial charge in [0.1, 0.15) is 0 Å². The highest BCUT2D eigenvalue weighted by Crippen LogP contribution is 2.26. The smallest absolute Gasteiger partial charge is 0.228 e. The van der Waals surface area contributed by atoms with Gasteiger partial charge in [0, 0.05) is 37.0 Å². The van der Waals surface area contributed by atoms with Crippen LogP contribution in [0.3, 0.4) is 0 Å². The predicted octanol–water partition coefficient (Wildman–Crippen LogP) is 2.53. The first-order valence-corrected chi connectivity index (χ1v) is 7.74. The fourth-order valence-corrected chi connectivity index (χ4v) is 2.27. The number of carbonyl (C=O) groups excluding carboxylic acids is 2. The van der Waals surface area contributed by atoms with Crippen LogP contribution in [0.25, 0.3) is 0 Å². The number of nitrogens with zero attached hydrogens (tertiary/aromatic N) is 2. The van der Waals surface area contributed by atoms with Crippen LogP contribution in [0.1, 0.15) is 54.4 Å². The molecule has 20 heavy (non-hydrogen) atoms. The molecule has 1 aliphatic heterocycles. The molecule has 0 N–H and O–H groups in total. The van der Waals surface area contributed by atoms with E-state index in [4.69, 9.17) is 0 Å². The van der Waals surface area contributed by atoms with Gasteiger partial charge in [-0.05, 0) is 12.8 Å². The van der Waals surface area contributed by atoms with Crippen molar-refractivity contribution < 1.29 is 9.59 Å². The summed E-state index contributed by atoms with van der Waals surface area (Å²) in [7, 11) is 0. The summed E-state index contributed by atoms with van der Waals surface area (Å²) in [5.41, 5.74) is -0.594. The zero-order chi connectivity index (χ0) is 15.6. The Kier molecular flexibility index (Phi) is 5.22. The molecule has 1 aliphatic rings. The average molecular weight is 282 g/mol. The van der Waals surface area contributed by atoms with Crippen LogP contribution in [-0.2, 0) is 9.59 Å². The third kappa shape index (κ3) is 3.53. The van der Waals surface area contributed by atoms with E-state index in [1.165, 1.54) is 0 Å². The van der Waals surface area contributed by atoms with Crippen LogP contribution in [0.4, 0.5) is 0 Å². The van der Waals surface area contributed by atoms with Crippen molar-refractivity contribution in [3.63, 3.8) is 0 Å². The van der Waals surface area contributed by atoms with Crippen LogP contribution < -0.4 is 0 Å². The largest absolute Gasteiger partial charge is 0.339 e. The second kappa shape index (κ2) is 6.15. The van der Waals surface area contributed by atoms with Crippen molar-refractivity contribution in [2.75, 3.05) is 26.2 Å². The Labute approximate surface area is 123 Å². The Hall–Kier alpha value is -1.06. The van der Waals surface area contributed by atoms with E-state index in [9.17, 15) is 9.59 Å². The van der Waals surface area contributed by atoms with Crippen LogP contribution in [0.15, 0.2) is 0 Å². The van der Waals surface area contributed by atoms with Crippen LogP contribution in [0.5, 0.6) is 0 Å². The number of hydrogen-bond donors (Lipinski definition) is 0. The standard InChI is InChI=1S/C16H30N2O2/c1-7-15(3,4)13(19)17-9-11-18(12-10-17)14(20)16(5,6)8-2/h7-12H2,1-6H3. The van der Waals surface area contributed by atoms with E-state index in [-0.39, 0.29) is 22.6 Å². The molecule has 0 aromatic heterocycles. The first-order valence-electron chi connectivity index (χ1n) is 7.74. The summed E-state index contributed by atoms with van der Waals surface area (Å²) in [6.45, 7) is 14.7. The van der Waals surface area contributed by atoms with E-state index in [1.807, 2.05) is 51.3 Å². The van der Waals surface area contributed by atoms with E-state index in [2.05, 4.69) is 0 Å². The van der Waals surface area contributed by atoms with Crippen molar-refractivity contribution in [3.8, 4) is 0 Å². The second-order valence-corrected chi connectivity index (χ2v) is 7.06. The van der Waals surface area contributed by atoms with Crippen LogP contribution in [-0.4, -0.2) is 47.8 Å². The molecule has 1 fully saturated rings. The maximum absolute atomic E-state index is 12.4. The Bertz CT molecular complexity index is 331. The fourth-order valence-electron chi connectivity index (χ4n) is 2.27. The summed E-state index contributed by atoms with van der Waals surface area (Å²) >= 11 is 0. The first-order chi connectivity index (χ1) is 9.15. The Morgan fingerprint density at radius 1 is 0.750 bits per heavy atom. The van der Waals surface area contributed by atoms with Crippen molar-refractivity contribution in [2.24, 2.45) is 10.8 Å². The van der Waals surface area contributed by atoms with Crippen molar-refractivity contribution >= 4 is 11.8 Å². The number of hydrogen-bond acceptors (Lipinski definition) is 2. The molecule has 4 nitrogen and oxygen atoms in total. The van der Waals surface area contributed by atoms with Crippen molar-refractivity contribution in [1.29, 1.82) is 0 Å². The normalized spacial score (nSPS) is 17.3. The van der Waals surface area contributed by atoms with Gasteiger partial charge in [-0.15, -0.1) is 0 Å². The molecule has 0 unspecified atom stereocenters. The van der Waals surface area contributed by atoms with Gasteiger partial charge >= 0.3 is 0 Å². The minimum Gasteiger partial charge on any atom is -0.339 e. The monoisotopic (exact) mass is 282 g/mol. The molecule has 1 saturated heterocycles. The van der Waals surface area contributed by atoms with E-state index in [0.29, 0.717) is 26.2 Å². The number of amides is 2. The fraction of sp³-hybridized carbons (Fsp3) is 0.875. The third-order valence-electron chi connectivity index (χ3n) is 4.78. The zero-order valence-electron chi connectivity index (χ0n) is 14.0. The summed E-state index contributed by atoms with van der Waals surface area (Å²) in [5.74, 6) is 0.420. The molecule has 0 saturated carbocycles. The summed E-state index contributed by atoms with van der Waals surface area (Å²) in [6.07, 6.45) is 1.68. The minimum absolute atomic E-state index is 0.210. The summed E-state index contributed by atoms with van der Waals surface area (Å²) in [5, 5.41) is 0. The maximum atomic E-state index is 12.4. The summed E-state index contributed by atoms with van der Waals surface area (Å²) < 4.78 is 0. The first kappa shape index (κ1) is 17.0. The van der Waals surface area contributed by atoms with Gasteiger partial charge in [-0.3, -0.25) is 9.59 Å². The molecule has 0 aromatic rings. The van der Waals surface area contributed by atoms with Gasteiger partial charge in [-0.25, -0.2) is 0 Å². The predicted molar refractivity (Wildman–Crippen MR) is 81.3 cm³/mol. The lowest BCUT2D eigenvalue weighted by Gasteiger charge is -2.40. The van der Waals surface area contributed by atoms with Crippen molar-refractivity contribution in [2.45, 2.75) is 54.4 Å². The Balaban J connectivity index is 2.61. The highest BCUT2D eigenvalue weighted by molar-refractivity contribution is 5.84. The lowest BCUT2D eigenvalue weighted by atomic mass is 9.87. The molecule has 0 radical (unpaired) electrons. The van der Waals surface area contributed by atoms with Crippen molar-refractivity contribution in [3.05, 3.63) is 0 Å². The molecule has 1 heterocycles. The third-order valence-corrected chi connectivity index (χ3v) is 4.78. The van der Waals surface area contributed by atoms with Gasteiger partial charge in [-0.1, -0.05) is 41.5 Å². The Morgan fingerprint density at radius 2 is 1.00 bits per heavy atom. The minimum atomic E-state index is -0.297. The Morgan fingerprint density at radius 3 is 1.20 bits per heavy atom. The van der Waals surface area contributed by atoms with E-state index in [0.717, 1.165) is 12.8 Å². The highest BCUT2D eigenvalue weighted by atomic mass is 16.2. The molecule has 0 aliphatic carbocycles. The van der Waals surface area contributed by atoms with Crippen LogP contribution in [0.2, 0.25) is 0 Å². The molecule has 0 spiro atoms. The molecule has 116 valence electrons. The topological polar surface area (TPSA) is 40.6 Å². The molecule has 4 heteroatoms. The van der Waals surface area contributed by atoms with E-state index >= 15 is 0 Å². The average Bonchev–Trinajstić information content (AvgIpc) is 2.45. The van der Waals surface area contributed by atoms with E-state index < -0.39 is 0 Å². The lowest BCUT2D eigenvalue weighted by molar-refractivity contribution is -0.149. The molecule has 0 atom stereocenters. The molecule has 2 amide bonds. The number of rotatable bonds is 4. The van der Waals surface area contributed by atoms with Gasteiger partial charge in [0.2, 0.25) is 11.8 Å². The molecule has 1 rings (SSSR count). The van der Waals surface area contributed by atoms with Crippen molar-refractivity contribution in [1.82, 2.24) is 9.80 Å². The summed E-state index contributed by atoms with van der Waals surface area (Å²) in [6, 6.07) is 0. The zero-order valence-corrected chi connectivity index (χ0v) is 14.0. The SMILES string of the molecule is CCC(C)(C)C(=O)N1CCN(C(=O)C(C)(C)CC)CC1. The number of piperazine rings is 1. The highest BCUT2D eigenvalue weighted by Gasteiger charge is 2.35. The van der Waals surface area contributed by atoms with Gasteiger partial charge in [0.15, 0.2) is 0 Å². The maximum Gasteiger partial charge on any atom is 0.228 e.